The number of carbonyl (C=O) groups excluding carboxylic acids is 1. The molecule has 1 saturated carbocycles. The summed E-state index contributed by atoms with van der Waals surface area (Å²) in [6.45, 7) is 4.60. The van der Waals surface area contributed by atoms with Crippen molar-refractivity contribution < 1.29 is 9.90 Å². The fourth-order valence-electron chi connectivity index (χ4n) is 3.00. The van der Waals surface area contributed by atoms with Gasteiger partial charge in [0, 0.05) is 17.2 Å². The molecule has 0 aliphatic heterocycles. The topological polar surface area (TPSA) is 62.2 Å². The first-order valence-corrected chi connectivity index (χ1v) is 7.72. The maximum atomic E-state index is 12.1. The number of aromatic nitrogens is 1. The summed E-state index contributed by atoms with van der Waals surface area (Å²) in [5.74, 6) is -0.255. The highest BCUT2D eigenvalue weighted by atomic mass is 79.9. The summed E-state index contributed by atoms with van der Waals surface area (Å²) in [6.07, 6.45) is 5.14. The quantitative estimate of drug-likeness (QED) is 0.889. The van der Waals surface area contributed by atoms with E-state index in [1.165, 1.54) is 0 Å². The Morgan fingerprint density at radius 2 is 2.25 bits per heavy atom. The van der Waals surface area contributed by atoms with Crippen LogP contribution in [0.4, 0.5) is 0 Å². The van der Waals surface area contributed by atoms with Crippen molar-refractivity contribution in [1.82, 2.24) is 10.3 Å². The molecule has 0 bridgehead atoms. The van der Waals surface area contributed by atoms with Crippen LogP contribution >= 0.6 is 15.9 Å². The van der Waals surface area contributed by atoms with Crippen LogP contribution in [0.3, 0.4) is 0 Å². The van der Waals surface area contributed by atoms with Crippen LogP contribution in [-0.4, -0.2) is 28.1 Å². The van der Waals surface area contributed by atoms with E-state index < -0.39 is 5.60 Å². The predicted octanol–water partition coefficient (Wildman–Crippen LogP) is 2.91. The number of rotatable bonds is 3. The number of aliphatic hydroxyl groups is 1. The molecule has 1 aromatic heterocycles. The third kappa shape index (κ3) is 3.79. The Morgan fingerprint density at radius 3 is 2.90 bits per heavy atom. The number of carbonyl (C=O) groups is 1. The van der Waals surface area contributed by atoms with Crippen LogP contribution < -0.4 is 5.32 Å². The van der Waals surface area contributed by atoms with Crippen molar-refractivity contribution >= 4 is 21.8 Å². The molecule has 110 valence electrons. The van der Waals surface area contributed by atoms with Gasteiger partial charge in [-0.3, -0.25) is 4.79 Å². The lowest BCUT2D eigenvalue weighted by Crippen LogP contribution is -2.48. The second-order valence-corrected chi connectivity index (χ2v) is 7.29. The summed E-state index contributed by atoms with van der Waals surface area (Å²) in [7, 11) is 0. The minimum absolute atomic E-state index is 0.128. The fourth-order valence-corrected chi connectivity index (χ4v) is 3.43. The molecule has 4 nitrogen and oxygen atoms in total. The van der Waals surface area contributed by atoms with Gasteiger partial charge in [-0.05, 0) is 59.2 Å². The summed E-state index contributed by atoms with van der Waals surface area (Å²) in [6, 6.07) is 3.54. The first-order chi connectivity index (χ1) is 9.31. The van der Waals surface area contributed by atoms with E-state index in [1.54, 1.807) is 18.3 Å². The molecule has 0 spiro atoms. The van der Waals surface area contributed by atoms with Gasteiger partial charge < -0.3 is 10.4 Å². The molecule has 1 heterocycles. The highest BCUT2D eigenvalue weighted by molar-refractivity contribution is 9.10. The molecule has 2 rings (SSSR count). The lowest BCUT2D eigenvalue weighted by Gasteiger charge is -2.41. The third-order valence-corrected chi connectivity index (χ3v) is 4.49. The average Bonchev–Trinajstić information content (AvgIpc) is 2.35. The zero-order valence-corrected chi connectivity index (χ0v) is 13.5. The Bertz CT molecular complexity index is 504. The molecule has 1 aliphatic rings. The van der Waals surface area contributed by atoms with E-state index in [0.29, 0.717) is 16.6 Å². The molecule has 1 aliphatic carbocycles. The molecule has 1 amide bonds. The SMILES string of the molecule is CC1(C)CCCC(O)(CNC(=O)c2ncccc2Br)C1. The van der Waals surface area contributed by atoms with Crippen molar-refractivity contribution in [3.8, 4) is 0 Å². The van der Waals surface area contributed by atoms with Gasteiger partial charge in [-0.2, -0.15) is 0 Å². The predicted molar refractivity (Wildman–Crippen MR) is 81.5 cm³/mol. The molecule has 2 N–H and O–H groups in total. The van der Waals surface area contributed by atoms with E-state index in [-0.39, 0.29) is 17.9 Å². The largest absolute Gasteiger partial charge is 0.388 e. The third-order valence-electron chi connectivity index (χ3n) is 3.85. The second-order valence-electron chi connectivity index (χ2n) is 6.44. The number of pyridine rings is 1. The number of nitrogens with zero attached hydrogens (tertiary/aromatic N) is 1. The number of hydrogen-bond donors (Lipinski definition) is 2. The molecule has 1 unspecified atom stereocenters. The van der Waals surface area contributed by atoms with Gasteiger partial charge >= 0.3 is 0 Å². The molecule has 0 aromatic carbocycles. The monoisotopic (exact) mass is 340 g/mol. The van der Waals surface area contributed by atoms with Crippen molar-refractivity contribution in [2.45, 2.75) is 45.1 Å². The lowest BCUT2D eigenvalue weighted by atomic mass is 9.70. The van der Waals surface area contributed by atoms with Crippen LogP contribution in [0.1, 0.15) is 50.0 Å². The van der Waals surface area contributed by atoms with Gasteiger partial charge in [0.05, 0.1) is 5.60 Å². The zero-order valence-electron chi connectivity index (χ0n) is 11.9. The van der Waals surface area contributed by atoms with Gasteiger partial charge in [0.15, 0.2) is 0 Å². The van der Waals surface area contributed by atoms with Crippen molar-refractivity contribution in [2.24, 2.45) is 5.41 Å². The van der Waals surface area contributed by atoms with Crippen LogP contribution in [0.25, 0.3) is 0 Å². The Hall–Kier alpha value is -0.940. The van der Waals surface area contributed by atoms with Crippen molar-refractivity contribution in [3.63, 3.8) is 0 Å². The van der Waals surface area contributed by atoms with Gasteiger partial charge in [-0.1, -0.05) is 13.8 Å². The van der Waals surface area contributed by atoms with Crippen molar-refractivity contribution in [3.05, 3.63) is 28.5 Å². The molecular formula is C15H21BrN2O2. The summed E-state index contributed by atoms with van der Waals surface area (Å²) in [5.41, 5.74) is -0.326. The van der Waals surface area contributed by atoms with Gasteiger partial charge in [-0.15, -0.1) is 0 Å². The Morgan fingerprint density at radius 1 is 1.50 bits per heavy atom. The second kappa shape index (κ2) is 5.82. The number of amides is 1. The minimum Gasteiger partial charge on any atom is -0.388 e. The molecule has 1 atom stereocenters. The molecule has 5 heteroatoms. The van der Waals surface area contributed by atoms with E-state index in [9.17, 15) is 9.90 Å². The summed E-state index contributed by atoms with van der Waals surface area (Å²) in [5, 5.41) is 13.4. The summed E-state index contributed by atoms with van der Waals surface area (Å²) < 4.78 is 0.661. The van der Waals surface area contributed by atoms with E-state index >= 15 is 0 Å². The maximum Gasteiger partial charge on any atom is 0.271 e. The highest BCUT2D eigenvalue weighted by Gasteiger charge is 2.38. The highest BCUT2D eigenvalue weighted by Crippen LogP contribution is 2.40. The first kappa shape index (κ1) is 15.4. The molecular weight excluding hydrogens is 320 g/mol. The van der Waals surface area contributed by atoms with E-state index in [0.717, 1.165) is 19.3 Å². The van der Waals surface area contributed by atoms with E-state index in [2.05, 4.69) is 40.1 Å². The van der Waals surface area contributed by atoms with Crippen LogP contribution in [0, 0.1) is 5.41 Å². The lowest BCUT2D eigenvalue weighted by molar-refractivity contribution is -0.0362. The van der Waals surface area contributed by atoms with Crippen molar-refractivity contribution in [2.75, 3.05) is 6.54 Å². The number of hydrogen-bond acceptors (Lipinski definition) is 3. The minimum atomic E-state index is -0.807. The summed E-state index contributed by atoms with van der Waals surface area (Å²) >= 11 is 3.31. The normalized spacial score (nSPS) is 25.2. The van der Waals surface area contributed by atoms with E-state index in [1.807, 2.05) is 0 Å². The van der Waals surface area contributed by atoms with Gasteiger partial charge in [0.2, 0.25) is 0 Å². The molecule has 1 fully saturated rings. The van der Waals surface area contributed by atoms with Crippen LogP contribution in [0.2, 0.25) is 0 Å². The first-order valence-electron chi connectivity index (χ1n) is 6.93. The molecule has 0 radical (unpaired) electrons. The summed E-state index contributed by atoms with van der Waals surface area (Å²) in [4.78, 5) is 16.1. The van der Waals surface area contributed by atoms with Crippen LogP contribution in [-0.2, 0) is 0 Å². The van der Waals surface area contributed by atoms with Gasteiger partial charge in [0.1, 0.15) is 5.69 Å². The Labute approximate surface area is 128 Å². The van der Waals surface area contributed by atoms with Gasteiger partial charge in [0.25, 0.3) is 5.91 Å². The molecule has 1 aromatic rings. The van der Waals surface area contributed by atoms with Crippen LogP contribution in [0.15, 0.2) is 22.8 Å². The number of nitrogens with one attached hydrogen (secondary N) is 1. The average molecular weight is 341 g/mol. The maximum absolute atomic E-state index is 12.1. The Balaban J connectivity index is 1.98. The fraction of sp³-hybridized carbons (Fsp3) is 0.600. The molecule has 0 saturated heterocycles. The van der Waals surface area contributed by atoms with Crippen LogP contribution in [0.5, 0.6) is 0 Å². The van der Waals surface area contributed by atoms with E-state index in [4.69, 9.17) is 0 Å². The van der Waals surface area contributed by atoms with Crippen molar-refractivity contribution in [1.29, 1.82) is 0 Å². The standard InChI is InChI=1S/C15H21BrN2O2/c1-14(2)6-4-7-15(20,9-14)10-18-13(19)12-11(16)5-3-8-17-12/h3,5,8,20H,4,6-7,9-10H2,1-2H3,(H,18,19). The van der Waals surface area contributed by atoms with Gasteiger partial charge in [-0.25, -0.2) is 4.98 Å². The molecule has 20 heavy (non-hydrogen) atoms. The Kier molecular flexibility index (Phi) is 4.49. The smallest absolute Gasteiger partial charge is 0.271 e. The zero-order chi connectivity index (χ0) is 14.8. The number of halogens is 1.